The summed E-state index contributed by atoms with van der Waals surface area (Å²) >= 11 is 0. The minimum atomic E-state index is -1.26. The van der Waals surface area contributed by atoms with Gasteiger partial charge in [0.25, 0.3) is 0 Å². The molecule has 0 saturated carbocycles. The number of pyridine rings is 1. The van der Waals surface area contributed by atoms with Gasteiger partial charge in [-0.1, -0.05) is 5.16 Å². The largest absolute Gasteiger partial charge is 0.478 e. The number of nitrogens with zero attached hydrogens (tertiary/aromatic N) is 2. The predicted octanol–water partition coefficient (Wildman–Crippen LogP) is 1.18. The van der Waals surface area contributed by atoms with E-state index in [9.17, 15) is 9.59 Å². The number of hydrogen-bond donors (Lipinski definition) is 3. The first-order valence-electron chi connectivity index (χ1n) is 8.04. The van der Waals surface area contributed by atoms with Crippen molar-refractivity contribution in [1.29, 1.82) is 0 Å². The van der Waals surface area contributed by atoms with Crippen LogP contribution in [0.3, 0.4) is 0 Å². The van der Waals surface area contributed by atoms with Gasteiger partial charge in [0.2, 0.25) is 0 Å². The lowest BCUT2D eigenvalue weighted by atomic mass is 9.81. The molecule has 1 aromatic heterocycles. The van der Waals surface area contributed by atoms with Gasteiger partial charge in [0.1, 0.15) is 0 Å². The van der Waals surface area contributed by atoms with Crippen LogP contribution in [0.15, 0.2) is 41.8 Å². The van der Waals surface area contributed by atoms with Gasteiger partial charge in [0.15, 0.2) is 5.60 Å². The van der Waals surface area contributed by atoms with E-state index in [4.69, 9.17) is 15.1 Å². The molecule has 3 aliphatic heterocycles. The zero-order chi connectivity index (χ0) is 17.9. The van der Waals surface area contributed by atoms with Crippen molar-refractivity contribution in [2.75, 3.05) is 0 Å². The molecule has 3 aliphatic rings. The fourth-order valence-electron chi connectivity index (χ4n) is 3.58. The quantitative estimate of drug-likeness (QED) is 0.703. The van der Waals surface area contributed by atoms with Crippen LogP contribution in [0.4, 0.5) is 0 Å². The summed E-state index contributed by atoms with van der Waals surface area (Å²) < 4.78 is 0. The Labute approximate surface area is 144 Å². The summed E-state index contributed by atoms with van der Waals surface area (Å²) in [5, 5.41) is 23.5. The Morgan fingerprint density at radius 2 is 2.04 bits per heavy atom. The van der Waals surface area contributed by atoms with Crippen molar-refractivity contribution in [2.24, 2.45) is 5.16 Å². The van der Waals surface area contributed by atoms with E-state index < -0.39 is 11.9 Å². The Balaban J connectivity index is 0.000000197. The molecule has 2 bridgehead atoms. The van der Waals surface area contributed by atoms with Crippen LogP contribution >= 0.6 is 0 Å². The number of oxime groups is 1. The number of carbonyl (C=O) groups is 2. The number of carboxylic acid groups (broad SMARTS) is 2. The van der Waals surface area contributed by atoms with E-state index in [-0.39, 0.29) is 5.60 Å². The van der Waals surface area contributed by atoms with Crippen molar-refractivity contribution in [3.8, 4) is 0 Å². The van der Waals surface area contributed by atoms with E-state index in [1.807, 2.05) is 12.3 Å². The van der Waals surface area contributed by atoms with E-state index in [0.717, 1.165) is 24.1 Å². The van der Waals surface area contributed by atoms with Crippen LogP contribution in [0, 0.1) is 0 Å². The number of aliphatic carboxylic acids is 2. The lowest BCUT2D eigenvalue weighted by Crippen LogP contribution is -2.42. The molecule has 0 unspecified atom stereocenters. The summed E-state index contributed by atoms with van der Waals surface area (Å²) in [4.78, 5) is 29.0. The van der Waals surface area contributed by atoms with Crippen LogP contribution < -0.4 is 5.32 Å². The monoisotopic (exact) mass is 345 g/mol. The molecule has 2 saturated heterocycles. The first-order chi connectivity index (χ1) is 12.0. The fraction of sp³-hybridized carbons (Fsp3) is 0.412. The van der Waals surface area contributed by atoms with Gasteiger partial charge in [-0.3, -0.25) is 4.98 Å². The summed E-state index contributed by atoms with van der Waals surface area (Å²) in [7, 11) is 0. The van der Waals surface area contributed by atoms with Gasteiger partial charge in [0, 0.05) is 49.0 Å². The van der Waals surface area contributed by atoms with Gasteiger partial charge in [-0.25, -0.2) is 9.59 Å². The third kappa shape index (κ3) is 3.85. The highest BCUT2D eigenvalue weighted by Crippen LogP contribution is 2.44. The van der Waals surface area contributed by atoms with Crippen molar-refractivity contribution in [3.05, 3.63) is 42.2 Å². The molecule has 4 heterocycles. The van der Waals surface area contributed by atoms with E-state index in [2.05, 4.69) is 21.5 Å². The van der Waals surface area contributed by atoms with Crippen LogP contribution in [0.5, 0.6) is 0 Å². The molecule has 4 rings (SSSR count). The molecule has 3 N–H and O–H groups in total. The van der Waals surface area contributed by atoms with E-state index in [1.54, 1.807) is 6.20 Å². The van der Waals surface area contributed by atoms with Crippen molar-refractivity contribution < 1.29 is 24.6 Å². The number of carboxylic acids is 2. The van der Waals surface area contributed by atoms with Gasteiger partial charge in [-0.2, -0.15) is 0 Å². The third-order valence-electron chi connectivity index (χ3n) is 4.64. The zero-order valence-corrected chi connectivity index (χ0v) is 13.5. The summed E-state index contributed by atoms with van der Waals surface area (Å²) in [6, 6.07) is 5.13. The molecule has 8 heteroatoms. The second-order valence-electron chi connectivity index (χ2n) is 6.32. The molecule has 25 heavy (non-hydrogen) atoms. The summed E-state index contributed by atoms with van der Waals surface area (Å²) in [6.07, 6.45) is 9.30. The molecule has 0 aromatic carbocycles. The number of aromatic nitrogens is 1. The van der Waals surface area contributed by atoms with Crippen molar-refractivity contribution in [1.82, 2.24) is 10.3 Å². The maximum Gasteiger partial charge on any atom is 0.328 e. The number of nitrogens with one attached hydrogen (secondary N) is 1. The Morgan fingerprint density at radius 1 is 1.28 bits per heavy atom. The molecule has 0 amide bonds. The Morgan fingerprint density at radius 3 is 2.56 bits per heavy atom. The molecule has 132 valence electrons. The average molecular weight is 345 g/mol. The molecule has 8 nitrogen and oxygen atoms in total. The smallest absolute Gasteiger partial charge is 0.328 e. The average Bonchev–Trinajstić information content (AvgIpc) is 3.31. The standard InChI is InChI=1S/C13H15N3O.C4H4O4/c1-2-9(8-14-5-1)11-7-13(17-16-11)6-10-3-4-12(13)15-10;5-3(6)1-2-4(7)8/h1-2,5,8,10,12,15H,3-4,6-7H2;1-2H,(H,5,6)(H,7,8)/b;2-1+/t10-,12+,13+;/m0./s1. The Kier molecular flexibility index (Phi) is 4.80. The third-order valence-corrected chi connectivity index (χ3v) is 4.64. The molecular weight excluding hydrogens is 326 g/mol. The minimum Gasteiger partial charge on any atom is -0.478 e. The van der Waals surface area contributed by atoms with Crippen molar-refractivity contribution >= 4 is 17.7 Å². The van der Waals surface area contributed by atoms with Gasteiger partial charge >= 0.3 is 11.9 Å². The van der Waals surface area contributed by atoms with Crippen molar-refractivity contribution in [2.45, 2.75) is 43.4 Å². The molecule has 2 fully saturated rings. The molecule has 1 spiro atoms. The SMILES string of the molecule is O=C(O)/C=C/C(=O)O.c1cncc(C2=NO[C@@]3(C2)C[C@@H]2CC[C@H]3N2)c1. The zero-order valence-electron chi connectivity index (χ0n) is 13.5. The van der Waals surface area contributed by atoms with Crippen LogP contribution in [0.2, 0.25) is 0 Å². The van der Waals surface area contributed by atoms with Gasteiger partial charge < -0.3 is 20.4 Å². The second-order valence-corrected chi connectivity index (χ2v) is 6.32. The van der Waals surface area contributed by atoms with Gasteiger partial charge in [-0.15, -0.1) is 0 Å². The highest BCUT2D eigenvalue weighted by atomic mass is 16.7. The molecule has 3 atom stereocenters. The molecule has 0 radical (unpaired) electrons. The molecular formula is C17H19N3O5. The summed E-state index contributed by atoms with van der Waals surface area (Å²) in [5.74, 6) is -2.51. The Hall–Kier alpha value is -2.74. The number of rotatable bonds is 3. The predicted molar refractivity (Wildman–Crippen MR) is 88.2 cm³/mol. The van der Waals surface area contributed by atoms with E-state index in [1.165, 1.54) is 12.8 Å². The van der Waals surface area contributed by atoms with Crippen LogP contribution in [0.25, 0.3) is 0 Å². The summed E-state index contributed by atoms with van der Waals surface area (Å²) in [6.45, 7) is 0. The maximum absolute atomic E-state index is 9.55. The van der Waals surface area contributed by atoms with Crippen LogP contribution in [0.1, 0.15) is 31.2 Å². The highest BCUT2D eigenvalue weighted by Gasteiger charge is 2.56. The van der Waals surface area contributed by atoms with E-state index >= 15 is 0 Å². The Bertz CT molecular complexity index is 702. The molecule has 0 aliphatic carbocycles. The first kappa shape index (κ1) is 17.1. The minimum absolute atomic E-state index is 0.0614. The van der Waals surface area contributed by atoms with Gasteiger partial charge in [-0.05, 0) is 25.0 Å². The second kappa shape index (κ2) is 7.02. The lowest BCUT2D eigenvalue weighted by molar-refractivity contribution is -0.134. The first-order valence-corrected chi connectivity index (χ1v) is 8.04. The van der Waals surface area contributed by atoms with Crippen molar-refractivity contribution in [3.63, 3.8) is 0 Å². The van der Waals surface area contributed by atoms with Crippen LogP contribution in [-0.2, 0) is 14.4 Å². The van der Waals surface area contributed by atoms with E-state index in [0.29, 0.717) is 24.2 Å². The van der Waals surface area contributed by atoms with Gasteiger partial charge in [0.05, 0.1) is 11.8 Å². The van der Waals surface area contributed by atoms with Crippen LogP contribution in [-0.4, -0.2) is 50.5 Å². The maximum atomic E-state index is 9.55. The fourth-order valence-corrected chi connectivity index (χ4v) is 3.58. The highest BCUT2D eigenvalue weighted by molar-refractivity contribution is 6.01. The summed E-state index contributed by atoms with van der Waals surface area (Å²) in [5.41, 5.74) is 2.08. The number of fused-ring (bicyclic) bond motifs is 3. The number of hydrogen-bond acceptors (Lipinski definition) is 6. The lowest BCUT2D eigenvalue weighted by Gasteiger charge is -2.29. The topological polar surface area (TPSA) is 121 Å². The molecule has 1 aromatic rings. The normalized spacial score (nSPS) is 29.2.